The Morgan fingerprint density at radius 1 is 1.37 bits per heavy atom. The smallest absolute Gasteiger partial charge is 0.270 e. The van der Waals surface area contributed by atoms with Gasteiger partial charge in [-0.05, 0) is 25.1 Å². The van der Waals surface area contributed by atoms with E-state index in [-0.39, 0.29) is 18.2 Å². The normalized spacial score (nSPS) is 20.3. The number of para-hydroxylation sites is 1. The van der Waals surface area contributed by atoms with Gasteiger partial charge < -0.3 is 11.1 Å². The topological polar surface area (TPSA) is 106 Å². The zero-order valence-corrected chi connectivity index (χ0v) is 15.3. The second kappa shape index (κ2) is 7.86. The maximum Gasteiger partial charge on any atom is 0.270 e. The molecular weight excluding hydrogens is 344 g/mol. The first kappa shape index (κ1) is 18.4. The summed E-state index contributed by atoms with van der Waals surface area (Å²) in [4.78, 5) is 31.6. The number of piperidine rings is 1. The molecule has 2 amide bonds. The summed E-state index contributed by atoms with van der Waals surface area (Å²) in [6.07, 6.45) is 3.26. The zero-order chi connectivity index (χ0) is 19.4. The monoisotopic (exact) mass is 366 g/mol. The Balaban J connectivity index is 1.87. The van der Waals surface area contributed by atoms with E-state index in [9.17, 15) is 9.59 Å². The zero-order valence-electron chi connectivity index (χ0n) is 15.3. The van der Waals surface area contributed by atoms with Crippen LogP contribution < -0.4 is 11.1 Å². The molecule has 140 valence electrons. The number of amides is 2. The van der Waals surface area contributed by atoms with E-state index in [0.29, 0.717) is 23.6 Å². The number of rotatable bonds is 4. The Morgan fingerprint density at radius 2 is 2.11 bits per heavy atom. The van der Waals surface area contributed by atoms with E-state index in [4.69, 9.17) is 5.73 Å². The predicted molar refractivity (Wildman–Crippen MR) is 102 cm³/mol. The molecule has 0 saturated carbocycles. The molecule has 3 rings (SSSR count). The second-order valence-corrected chi connectivity index (χ2v) is 6.12. The lowest BCUT2D eigenvalue weighted by molar-refractivity contribution is -0.129. The fourth-order valence-electron chi connectivity index (χ4n) is 3.01. The number of likely N-dealkylation sites (N-methyl/N-ethyl adjacent to an activating group) is 1. The Bertz CT molecular complexity index is 900. The van der Waals surface area contributed by atoms with Crippen LogP contribution in [0.5, 0.6) is 0 Å². The van der Waals surface area contributed by atoms with Crippen LogP contribution in [0.4, 0.5) is 5.69 Å². The van der Waals surface area contributed by atoms with Crippen LogP contribution in [0.1, 0.15) is 23.8 Å². The second-order valence-electron chi connectivity index (χ2n) is 6.12. The number of nitrogens with one attached hydrogen (secondary N) is 1. The third-order valence-electron chi connectivity index (χ3n) is 4.40. The maximum atomic E-state index is 12.9. The molecule has 1 saturated heterocycles. The molecular formula is C19H22N6O2. The molecule has 2 heterocycles. The summed E-state index contributed by atoms with van der Waals surface area (Å²) in [5, 5.41) is 6.76. The van der Waals surface area contributed by atoms with Crippen molar-refractivity contribution < 1.29 is 9.59 Å². The van der Waals surface area contributed by atoms with Gasteiger partial charge in [0, 0.05) is 38.0 Å². The summed E-state index contributed by atoms with van der Waals surface area (Å²) in [7, 11) is 1.67. The summed E-state index contributed by atoms with van der Waals surface area (Å²) in [6.45, 7) is 2.28. The van der Waals surface area contributed by atoms with E-state index in [1.807, 2.05) is 37.3 Å². The molecule has 1 atom stereocenters. The number of carbonyl (C=O) groups is 2. The minimum absolute atomic E-state index is 0.215. The van der Waals surface area contributed by atoms with Crippen LogP contribution in [-0.2, 0) is 11.8 Å². The van der Waals surface area contributed by atoms with E-state index in [0.717, 1.165) is 5.69 Å². The highest BCUT2D eigenvalue weighted by molar-refractivity contribution is 6.13. The van der Waals surface area contributed by atoms with Gasteiger partial charge in [-0.2, -0.15) is 5.10 Å². The van der Waals surface area contributed by atoms with Crippen LogP contribution >= 0.6 is 0 Å². The number of nitrogens with two attached hydrogens (primary N) is 1. The molecule has 8 heteroatoms. The minimum atomic E-state index is -0.711. The average Bonchev–Trinajstić information content (AvgIpc) is 3.11. The number of hydrogen-bond acceptors (Lipinski definition) is 5. The van der Waals surface area contributed by atoms with Crippen molar-refractivity contribution in [3.8, 4) is 0 Å². The molecule has 1 fully saturated rings. The number of carbonyl (C=O) groups excluding carboxylic acids is 2. The molecule has 0 spiro atoms. The highest BCUT2D eigenvalue weighted by atomic mass is 16.2. The molecule has 0 radical (unpaired) electrons. The number of hydrogen-bond donors (Lipinski definition) is 2. The number of aromatic nitrogens is 2. The van der Waals surface area contributed by atoms with Crippen molar-refractivity contribution in [2.24, 2.45) is 17.8 Å². The van der Waals surface area contributed by atoms with Crippen LogP contribution in [0.3, 0.4) is 0 Å². The lowest BCUT2D eigenvalue weighted by atomic mass is 9.98. The molecule has 1 unspecified atom stereocenters. The lowest BCUT2D eigenvalue weighted by Gasteiger charge is -2.34. The predicted octanol–water partition coefficient (Wildman–Crippen LogP) is 1.34. The van der Waals surface area contributed by atoms with Gasteiger partial charge in [0.05, 0.1) is 5.69 Å². The highest BCUT2D eigenvalue weighted by Crippen LogP contribution is 2.23. The third kappa shape index (κ3) is 3.74. The molecule has 2 aromatic rings. The summed E-state index contributed by atoms with van der Waals surface area (Å²) in [5.41, 5.74) is 7.63. The first-order valence-corrected chi connectivity index (χ1v) is 8.70. The standard InChI is InChI=1S/C19H22N6O2/c1-3-25-17(22-14-7-5-4-6-8-14)13(12-20)11-15(19(25)27)23-18(26)16-9-10-21-24(16)2/h4-10,12,15H,3,11,20H2,1-2H3,(H,23,26)/b13-12-,22-17?. The van der Waals surface area contributed by atoms with Crippen molar-refractivity contribution in [3.05, 3.63) is 60.1 Å². The molecule has 1 aliphatic heterocycles. The number of amidine groups is 1. The van der Waals surface area contributed by atoms with E-state index in [2.05, 4.69) is 15.4 Å². The van der Waals surface area contributed by atoms with Crippen LogP contribution in [0, 0.1) is 0 Å². The highest BCUT2D eigenvalue weighted by Gasteiger charge is 2.36. The van der Waals surface area contributed by atoms with E-state index in [1.165, 1.54) is 17.1 Å². The number of aryl methyl sites for hydroxylation is 1. The summed E-state index contributed by atoms with van der Waals surface area (Å²) >= 11 is 0. The van der Waals surface area contributed by atoms with Crippen molar-refractivity contribution in [1.82, 2.24) is 20.0 Å². The molecule has 1 aliphatic rings. The molecule has 0 aliphatic carbocycles. The van der Waals surface area contributed by atoms with E-state index < -0.39 is 6.04 Å². The van der Waals surface area contributed by atoms with Gasteiger partial charge in [-0.25, -0.2) is 4.99 Å². The maximum absolute atomic E-state index is 12.9. The Kier molecular flexibility index (Phi) is 5.35. The number of benzene rings is 1. The van der Waals surface area contributed by atoms with Crippen molar-refractivity contribution >= 4 is 23.3 Å². The van der Waals surface area contributed by atoms with Crippen LogP contribution in [0.2, 0.25) is 0 Å². The summed E-state index contributed by atoms with van der Waals surface area (Å²) < 4.78 is 1.46. The van der Waals surface area contributed by atoms with Gasteiger partial charge in [0.2, 0.25) is 0 Å². The summed E-state index contributed by atoms with van der Waals surface area (Å²) in [5.74, 6) is -0.0558. The van der Waals surface area contributed by atoms with Gasteiger partial charge in [0.25, 0.3) is 11.8 Å². The molecule has 0 bridgehead atoms. The van der Waals surface area contributed by atoms with Gasteiger partial charge >= 0.3 is 0 Å². The van der Waals surface area contributed by atoms with E-state index >= 15 is 0 Å². The van der Waals surface area contributed by atoms with Crippen molar-refractivity contribution in [2.45, 2.75) is 19.4 Å². The Hall–Kier alpha value is -3.42. The van der Waals surface area contributed by atoms with Gasteiger partial charge in [-0.15, -0.1) is 0 Å². The number of aliphatic imine (C=N–C) groups is 1. The van der Waals surface area contributed by atoms with Gasteiger partial charge in [-0.1, -0.05) is 18.2 Å². The van der Waals surface area contributed by atoms with Crippen LogP contribution in [-0.4, -0.2) is 44.9 Å². The van der Waals surface area contributed by atoms with Crippen molar-refractivity contribution in [1.29, 1.82) is 0 Å². The largest absolute Gasteiger partial charge is 0.404 e. The SMILES string of the molecule is CCN1C(=O)C(NC(=O)c2ccnn2C)C/C(=C/N)C1=Nc1ccccc1. The molecule has 3 N–H and O–H groups in total. The molecule has 27 heavy (non-hydrogen) atoms. The number of likely N-dealkylation sites (tertiary alicyclic amines) is 1. The molecule has 1 aromatic carbocycles. The quantitative estimate of drug-likeness (QED) is 0.852. The molecule has 8 nitrogen and oxygen atoms in total. The van der Waals surface area contributed by atoms with Crippen molar-refractivity contribution in [3.63, 3.8) is 0 Å². The third-order valence-corrected chi connectivity index (χ3v) is 4.40. The Labute approximate surface area is 157 Å². The Morgan fingerprint density at radius 3 is 2.70 bits per heavy atom. The van der Waals surface area contributed by atoms with Gasteiger partial charge in [0.1, 0.15) is 17.6 Å². The molecule has 1 aromatic heterocycles. The fourth-order valence-corrected chi connectivity index (χ4v) is 3.01. The van der Waals surface area contributed by atoms with Crippen molar-refractivity contribution in [2.75, 3.05) is 6.54 Å². The lowest BCUT2D eigenvalue weighted by Crippen LogP contribution is -2.55. The summed E-state index contributed by atoms with van der Waals surface area (Å²) in [6, 6.07) is 10.3. The first-order valence-electron chi connectivity index (χ1n) is 8.70. The average molecular weight is 366 g/mol. The number of nitrogens with zero attached hydrogens (tertiary/aromatic N) is 4. The van der Waals surface area contributed by atoms with Crippen LogP contribution in [0.25, 0.3) is 0 Å². The van der Waals surface area contributed by atoms with Gasteiger partial charge in [-0.3, -0.25) is 19.2 Å². The van der Waals surface area contributed by atoms with Gasteiger partial charge in [0.15, 0.2) is 0 Å². The first-order chi connectivity index (χ1) is 13.0. The van der Waals surface area contributed by atoms with Crippen LogP contribution in [0.15, 0.2) is 59.4 Å². The van der Waals surface area contributed by atoms with E-state index in [1.54, 1.807) is 18.0 Å². The fraction of sp³-hybridized carbons (Fsp3) is 0.263. The minimum Gasteiger partial charge on any atom is -0.404 e.